The van der Waals surface area contributed by atoms with Gasteiger partial charge in [0.15, 0.2) is 0 Å². The number of H-pyrrole nitrogens is 1. The fourth-order valence-corrected chi connectivity index (χ4v) is 3.52. The standard InChI is InChI=1S/C18H21N7O2/c1-13-15(14-4-2-3-5-16(14)20-13)10-17(26)23-6-8-24(9-7-23)18(27)11-25-12-19-21-22-25/h2-5,12,20H,6-11H2,1H3. The fourth-order valence-electron chi connectivity index (χ4n) is 3.52. The molecule has 9 heteroatoms. The van der Waals surface area contributed by atoms with Gasteiger partial charge in [-0.1, -0.05) is 18.2 Å². The van der Waals surface area contributed by atoms with Crippen LogP contribution < -0.4 is 0 Å². The van der Waals surface area contributed by atoms with Crippen molar-refractivity contribution < 1.29 is 9.59 Å². The maximum Gasteiger partial charge on any atom is 0.244 e. The molecule has 1 aliphatic heterocycles. The summed E-state index contributed by atoms with van der Waals surface area (Å²) >= 11 is 0. The molecular weight excluding hydrogens is 346 g/mol. The molecule has 1 N–H and O–H groups in total. The summed E-state index contributed by atoms with van der Waals surface area (Å²) in [6.07, 6.45) is 1.79. The molecule has 1 fully saturated rings. The lowest BCUT2D eigenvalue weighted by Crippen LogP contribution is -2.51. The third-order valence-corrected chi connectivity index (χ3v) is 5.03. The van der Waals surface area contributed by atoms with Gasteiger partial charge in [-0.25, -0.2) is 4.68 Å². The van der Waals surface area contributed by atoms with Gasteiger partial charge in [-0.2, -0.15) is 0 Å². The highest BCUT2D eigenvalue weighted by Crippen LogP contribution is 2.23. The first-order valence-electron chi connectivity index (χ1n) is 8.94. The molecule has 2 amide bonds. The molecule has 0 spiro atoms. The predicted molar refractivity (Wildman–Crippen MR) is 97.7 cm³/mol. The van der Waals surface area contributed by atoms with E-state index in [4.69, 9.17) is 0 Å². The number of aromatic nitrogens is 5. The van der Waals surface area contributed by atoms with E-state index in [0.29, 0.717) is 32.6 Å². The van der Waals surface area contributed by atoms with Crippen molar-refractivity contribution in [1.82, 2.24) is 35.0 Å². The second-order valence-electron chi connectivity index (χ2n) is 6.72. The molecule has 27 heavy (non-hydrogen) atoms. The van der Waals surface area contributed by atoms with E-state index in [1.54, 1.807) is 4.90 Å². The number of amides is 2. The maximum atomic E-state index is 12.8. The van der Waals surface area contributed by atoms with Crippen molar-refractivity contribution in [3.8, 4) is 0 Å². The summed E-state index contributed by atoms with van der Waals surface area (Å²) < 4.78 is 1.40. The highest BCUT2D eigenvalue weighted by Gasteiger charge is 2.25. The average Bonchev–Trinajstić information content (AvgIpc) is 3.30. The number of hydrogen-bond donors (Lipinski definition) is 1. The number of carbonyl (C=O) groups excluding carboxylic acids is 2. The number of para-hydroxylation sites is 1. The quantitative estimate of drug-likeness (QED) is 0.718. The first kappa shape index (κ1) is 17.2. The van der Waals surface area contributed by atoms with Gasteiger partial charge in [0.1, 0.15) is 12.9 Å². The average molecular weight is 367 g/mol. The molecule has 0 unspecified atom stereocenters. The first-order chi connectivity index (χ1) is 13.1. The normalized spacial score (nSPS) is 14.7. The monoisotopic (exact) mass is 367 g/mol. The summed E-state index contributed by atoms with van der Waals surface area (Å²) in [7, 11) is 0. The van der Waals surface area contributed by atoms with Crippen molar-refractivity contribution in [2.45, 2.75) is 19.9 Å². The number of fused-ring (bicyclic) bond motifs is 1. The molecule has 3 aromatic rings. The number of nitrogens with one attached hydrogen (secondary N) is 1. The summed E-state index contributed by atoms with van der Waals surface area (Å²) in [5, 5.41) is 11.9. The van der Waals surface area contributed by atoms with Gasteiger partial charge in [-0.15, -0.1) is 5.10 Å². The van der Waals surface area contributed by atoms with Gasteiger partial charge in [-0.3, -0.25) is 9.59 Å². The van der Waals surface area contributed by atoms with Crippen molar-refractivity contribution in [3.63, 3.8) is 0 Å². The molecule has 1 aliphatic rings. The lowest BCUT2D eigenvalue weighted by molar-refractivity contribution is -0.139. The molecule has 0 radical (unpaired) electrons. The second-order valence-corrected chi connectivity index (χ2v) is 6.72. The van der Waals surface area contributed by atoms with E-state index in [2.05, 4.69) is 20.5 Å². The van der Waals surface area contributed by atoms with Gasteiger partial charge in [0.2, 0.25) is 11.8 Å². The Hall–Kier alpha value is -3.23. The molecule has 0 aliphatic carbocycles. The van der Waals surface area contributed by atoms with E-state index >= 15 is 0 Å². The zero-order valence-electron chi connectivity index (χ0n) is 15.1. The van der Waals surface area contributed by atoms with Crippen LogP contribution in [-0.2, 0) is 22.6 Å². The molecule has 9 nitrogen and oxygen atoms in total. The summed E-state index contributed by atoms with van der Waals surface area (Å²) in [5.74, 6) is 0.0531. The number of aryl methyl sites for hydroxylation is 1. The van der Waals surface area contributed by atoms with E-state index in [1.807, 2.05) is 36.1 Å². The minimum Gasteiger partial charge on any atom is -0.358 e. The summed E-state index contributed by atoms with van der Waals surface area (Å²) in [5.41, 5.74) is 3.13. The number of nitrogens with zero attached hydrogens (tertiary/aromatic N) is 6. The SMILES string of the molecule is Cc1[nH]c2ccccc2c1CC(=O)N1CCN(C(=O)Cn2cnnn2)CC1. The number of aromatic amines is 1. The van der Waals surface area contributed by atoms with Gasteiger partial charge in [0, 0.05) is 42.8 Å². The number of carbonyl (C=O) groups is 2. The zero-order valence-corrected chi connectivity index (χ0v) is 15.1. The lowest BCUT2D eigenvalue weighted by atomic mass is 10.1. The molecule has 4 rings (SSSR count). The Morgan fingerprint density at radius 1 is 1.07 bits per heavy atom. The molecule has 3 heterocycles. The number of benzene rings is 1. The van der Waals surface area contributed by atoms with Crippen LogP contribution in [0.1, 0.15) is 11.3 Å². The number of rotatable bonds is 4. The highest BCUT2D eigenvalue weighted by atomic mass is 16.2. The first-order valence-corrected chi connectivity index (χ1v) is 8.94. The summed E-state index contributed by atoms with van der Waals surface area (Å²) in [4.78, 5) is 32.0. The Balaban J connectivity index is 1.36. The smallest absolute Gasteiger partial charge is 0.244 e. The lowest BCUT2D eigenvalue weighted by Gasteiger charge is -2.34. The third kappa shape index (κ3) is 3.53. The van der Waals surface area contributed by atoms with Gasteiger partial charge in [0.05, 0.1) is 6.42 Å². The molecule has 1 aromatic carbocycles. The topological polar surface area (TPSA) is 100 Å². The molecule has 0 bridgehead atoms. The van der Waals surface area contributed by atoms with Crippen LogP contribution >= 0.6 is 0 Å². The van der Waals surface area contributed by atoms with E-state index in [-0.39, 0.29) is 18.4 Å². The van der Waals surface area contributed by atoms with E-state index < -0.39 is 0 Å². The van der Waals surface area contributed by atoms with E-state index in [0.717, 1.165) is 22.2 Å². The van der Waals surface area contributed by atoms with Crippen LogP contribution in [-0.4, -0.2) is 73.0 Å². The minimum absolute atomic E-state index is 0.0399. The Bertz CT molecular complexity index is 955. The zero-order chi connectivity index (χ0) is 18.8. The second kappa shape index (κ2) is 7.18. The molecule has 0 saturated carbocycles. The van der Waals surface area contributed by atoms with Crippen molar-refractivity contribution in [3.05, 3.63) is 41.9 Å². The Kier molecular flexibility index (Phi) is 4.57. The van der Waals surface area contributed by atoms with Gasteiger partial charge >= 0.3 is 0 Å². The van der Waals surface area contributed by atoms with Crippen LogP contribution in [0.2, 0.25) is 0 Å². The minimum atomic E-state index is -0.0399. The largest absolute Gasteiger partial charge is 0.358 e. The predicted octanol–water partition coefficient (Wildman–Crippen LogP) is 0.376. The Labute approximate surface area is 155 Å². The Morgan fingerprint density at radius 3 is 2.48 bits per heavy atom. The van der Waals surface area contributed by atoms with Crippen molar-refractivity contribution in [2.75, 3.05) is 26.2 Å². The highest BCUT2D eigenvalue weighted by molar-refractivity contribution is 5.90. The molecule has 1 saturated heterocycles. The van der Waals surface area contributed by atoms with Gasteiger partial charge in [0.25, 0.3) is 0 Å². The van der Waals surface area contributed by atoms with Crippen LogP contribution in [0, 0.1) is 6.92 Å². The van der Waals surface area contributed by atoms with Crippen molar-refractivity contribution in [2.24, 2.45) is 0 Å². The Morgan fingerprint density at radius 2 is 1.78 bits per heavy atom. The van der Waals surface area contributed by atoms with Crippen molar-refractivity contribution >= 4 is 22.7 Å². The van der Waals surface area contributed by atoms with Crippen LogP contribution in [0.3, 0.4) is 0 Å². The van der Waals surface area contributed by atoms with E-state index in [1.165, 1.54) is 11.0 Å². The fraction of sp³-hybridized carbons (Fsp3) is 0.389. The number of tetrazole rings is 1. The summed E-state index contributed by atoms with van der Waals surface area (Å²) in [6.45, 7) is 4.26. The molecule has 2 aromatic heterocycles. The van der Waals surface area contributed by atoms with Crippen molar-refractivity contribution in [1.29, 1.82) is 0 Å². The number of hydrogen-bond acceptors (Lipinski definition) is 5. The summed E-state index contributed by atoms with van der Waals surface area (Å²) in [6, 6.07) is 8.02. The number of piperazine rings is 1. The van der Waals surface area contributed by atoms with Crippen LogP contribution in [0.25, 0.3) is 10.9 Å². The molecule has 140 valence electrons. The van der Waals surface area contributed by atoms with Crippen LogP contribution in [0.15, 0.2) is 30.6 Å². The third-order valence-electron chi connectivity index (χ3n) is 5.03. The van der Waals surface area contributed by atoms with Gasteiger partial charge < -0.3 is 14.8 Å². The van der Waals surface area contributed by atoms with E-state index in [9.17, 15) is 9.59 Å². The van der Waals surface area contributed by atoms with Crippen LogP contribution in [0.4, 0.5) is 0 Å². The molecular formula is C18H21N7O2. The van der Waals surface area contributed by atoms with Gasteiger partial charge in [-0.05, 0) is 29.0 Å². The van der Waals surface area contributed by atoms with Crippen LogP contribution in [0.5, 0.6) is 0 Å². The molecule has 0 atom stereocenters. The maximum absolute atomic E-state index is 12.8.